The van der Waals surface area contributed by atoms with Crippen LogP contribution < -0.4 is 10.6 Å². The van der Waals surface area contributed by atoms with Crippen molar-refractivity contribution in [2.45, 2.75) is 31.8 Å². The third kappa shape index (κ3) is 9.06. The van der Waals surface area contributed by atoms with Crippen LogP contribution in [-0.2, 0) is 14.6 Å². The van der Waals surface area contributed by atoms with Gasteiger partial charge in [0.15, 0.2) is 0 Å². The Balaban J connectivity index is 4.38. The van der Waals surface area contributed by atoms with Crippen LogP contribution >= 0.6 is 0 Å². The van der Waals surface area contributed by atoms with Gasteiger partial charge in [0.05, 0.1) is 5.75 Å². The van der Waals surface area contributed by atoms with Crippen LogP contribution in [0.15, 0.2) is 12.7 Å². The number of aliphatic carboxylic acids is 1. The molecule has 0 spiro atoms. The number of sulfone groups is 1. The molecular weight excluding hydrogens is 272 g/mol. The Morgan fingerprint density at radius 1 is 1.37 bits per heavy atom. The van der Waals surface area contributed by atoms with Gasteiger partial charge in [-0.25, -0.2) is 18.0 Å². The minimum absolute atomic E-state index is 0.169. The normalized spacial score (nSPS) is 14.2. The summed E-state index contributed by atoms with van der Waals surface area (Å²) >= 11 is 0. The van der Waals surface area contributed by atoms with Gasteiger partial charge >= 0.3 is 12.0 Å². The number of carbonyl (C=O) groups is 2. The molecule has 0 aliphatic rings. The summed E-state index contributed by atoms with van der Waals surface area (Å²) in [5.74, 6) is -1.57. The fourth-order valence-electron chi connectivity index (χ4n) is 1.32. The third-order valence-corrected chi connectivity index (χ3v) is 3.26. The molecule has 0 saturated heterocycles. The maximum Gasteiger partial charge on any atom is 0.326 e. The second kappa shape index (κ2) is 7.78. The van der Waals surface area contributed by atoms with Gasteiger partial charge < -0.3 is 15.7 Å². The lowest BCUT2D eigenvalue weighted by Crippen LogP contribution is -2.48. The summed E-state index contributed by atoms with van der Waals surface area (Å²) in [4.78, 5) is 22.4. The molecular formula is C11H20N2O5S. The Labute approximate surface area is 113 Å². The van der Waals surface area contributed by atoms with Gasteiger partial charge in [-0.15, -0.1) is 6.58 Å². The lowest BCUT2D eigenvalue weighted by Gasteiger charge is -2.17. The topological polar surface area (TPSA) is 113 Å². The Hall–Kier alpha value is -1.57. The maximum absolute atomic E-state index is 11.5. The average Bonchev–Trinajstić information content (AvgIpc) is 2.22. The van der Waals surface area contributed by atoms with Gasteiger partial charge in [-0.1, -0.05) is 6.08 Å². The smallest absolute Gasteiger partial charge is 0.326 e. The summed E-state index contributed by atoms with van der Waals surface area (Å²) in [5, 5.41) is 13.7. The molecule has 0 radical (unpaired) electrons. The second-order valence-corrected chi connectivity index (χ2v) is 6.61. The molecule has 0 aliphatic carbocycles. The zero-order chi connectivity index (χ0) is 15.1. The first-order valence-electron chi connectivity index (χ1n) is 5.74. The minimum atomic E-state index is -3.27. The number of carboxylic acid groups (broad SMARTS) is 1. The zero-order valence-electron chi connectivity index (χ0n) is 11.0. The number of hydrogen-bond acceptors (Lipinski definition) is 4. The molecule has 2 amide bonds. The highest BCUT2D eigenvalue weighted by molar-refractivity contribution is 7.90. The Bertz CT molecular complexity index is 432. The Morgan fingerprint density at radius 2 is 1.95 bits per heavy atom. The van der Waals surface area contributed by atoms with Crippen LogP contribution in [0.1, 0.15) is 19.8 Å². The summed E-state index contributed by atoms with van der Waals surface area (Å²) in [6.45, 7) is 5.26. The van der Waals surface area contributed by atoms with Crippen molar-refractivity contribution in [3.63, 3.8) is 0 Å². The number of rotatable bonds is 8. The summed E-state index contributed by atoms with van der Waals surface area (Å²) in [6.07, 6.45) is 3.02. The van der Waals surface area contributed by atoms with Crippen molar-refractivity contribution < 1.29 is 23.1 Å². The Morgan fingerprint density at radius 3 is 2.37 bits per heavy atom. The van der Waals surface area contributed by atoms with Gasteiger partial charge in [0.25, 0.3) is 0 Å². The fraction of sp³-hybridized carbons (Fsp3) is 0.636. The molecule has 7 nitrogen and oxygen atoms in total. The van der Waals surface area contributed by atoms with Crippen molar-refractivity contribution in [3.05, 3.63) is 12.7 Å². The monoisotopic (exact) mass is 292 g/mol. The number of urea groups is 1. The van der Waals surface area contributed by atoms with E-state index in [2.05, 4.69) is 17.2 Å². The largest absolute Gasteiger partial charge is 0.480 e. The molecule has 19 heavy (non-hydrogen) atoms. The van der Waals surface area contributed by atoms with Gasteiger partial charge in [-0.3, -0.25) is 0 Å². The van der Waals surface area contributed by atoms with E-state index in [1.54, 1.807) is 13.0 Å². The van der Waals surface area contributed by atoms with Crippen LogP contribution in [-0.4, -0.2) is 49.6 Å². The van der Waals surface area contributed by atoms with Crippen molar-refractivity contribution in [2.75, 3.05) is 12.0 Å². The van der Waals surface area contributed by atoms with Crippen LogP contribution in [0.25, 0.3) is 0 Å². The molecule has 0 saturated carbocycles. The number of nitrogens with one attached hydrogen (secondary N) is 2. The van der Waals surface area contributed by atoms with E-state index in [1.165, 1.54) is 0 Å². The lowest BCUT2D eigenvalue weighted by atomic mass is 10.2. The van der Waals surface area contributed by atoms with Crippen molar-refractivity contribution in [2.24, 2.45) is 0 Å². The molecule has 0 fully saturated rings. The molecule has 3 N–H and O–H groups in total. The number of carbonyl (C=O) groups excluding carboxylic acids is 1. The first kappa shape index (κ1) is 17.4. The lowest BCUT2D eigenvalue weighted by molar-refractivity contribution is -0.139. The summed E-state index contributed by atoms with van der Waals surface area (Å²) in [7, 11) is -3.27. The molecule has 0 bridgehead atoms. The van der Waals surface area contributed by atoms with Crippen LogP contribution in [0, 0.1) is 0 Å². The molecule has 2 unspecified atom stereocenters. The van der Waals surface area contributed by atoms with Crippen molar-refractivity contribution in [1.82, 2.24) is 10.6 Å². The van der Waals surface area contributed by atoms with E-state index in [-0.39, 0.29) is 18.2 Å². The molecule has 0 rings (SSSR count). The highest BCUT2D eigenvalue weighted by Gasteiger charge is 2.21. The van der Waals surface area contributed by atoms with E-state index in [1.807, 2.05) is 0 Å². The fourth-order valence-corrected chi connectivity index (χ4v) is 1.99. The standard InChI is InChI=1S/C11H20N2O5S/c1-4-5-8(2)12-11(16)13-9(10(14)15)6-7-19(3,17)18/h4,8-9H,1,5-7H2,2-3H3,(H,14,15)(H2,12,13,16). The van der Waals surface area contributed by atoms with E-state index < -0.39 is 27.9 Å². The first-order valence-corrected chi connectivity index (χ1v) is 7.80. The van der Waals surface area contributed by atoms with Crippen molar-refractivity contribution in [1.29, 1.82) is 0 Å². The molecule has 0 aromatic heterocycles. The molecule has 0 heterocycles. The number of hydrogen-bond donors (Lipinski definition) is 3. The van der Waals surface area contributed by atoms with Gasteiger partial charge in [0.2, 0.25) is 0 Å². The third-order valence-electron chi connectivity index (χ3n) is 2.28. The number of amides is 2. The number of carboxylic acids is 1. The average molecular weight is 292 g/mol. The molecule has 110 valence electrons. The van der Waals surface area contributed by atoms with Gasteiger partial charge in [0, 0.05) is 12.3 Å². The second-order valence-electron chi connectivity index (χ2n) is 4.35. The van der Waals surface area contributed by atoms with Gasteiger partial charge in [0.1, 0.15) is 15.9 Å². The maximum atomic E-state index is 11.5. The van der Waals surface area contributed by atoms with Crippen molar-refractivity contribution >= 4 is 21.8 Å². The van der Waals surface area contributed by atoms with E-state index >= 15 is 0 Å². The first-order chi connectivity index (χ1) is 8.65. The van der Waals surface area contributed by atoms with Crippen LogP contribution in [0.4, 0.5) is 4.79 Å². The van der Waals surface area contributed by atoms with E-state index in [0.717, 1.165) is 6.26 Å². The van der Waals surface area contributed by atoms with E-state index in [0.29, 0.717) is 6.42 Å². The van der Waals surface area contributed by atoms with Crippen molar-refractivity contribution in [3.8, 4) is 0 Å². The predicted octanol–water partition coefficient (Wildman–Crippen LogP) is 0.138. The Kier molecular flexibility index (Phi) is 7.13. The van der Waals surface area contributed by atoms with Gasteiger partial charge in [-0.05, 0) is 19.8 Å². The molecule has 0 aliphatic heterocycles. The van der Waals surface area contributed by atoms with Gasteiger partial charge in [-0.2, -0.15) is 0 Å². The molecule has 8 heteroatoms. The highest BCUT2D eigenvalue weighted by atomic mass is 32.2. The summed E-state index contributed by atoms with van der Waals surface area (Å²) in [6, 6.07) is -2.05. The zero-order valence-corrected chi connectivity index (χ0v) is 11.9. The minimum Gasteiger partial charge on any atom is -0.480 e. The summed E-state index contributed by atoms with van der Waals surface area (Å²) < 4.78 is 21.9. The van der Waals surface area contributed by atoms with E-state index in [9.17, 15) is 18.0 Å². The highest BCUT2D eigenvalue weighted by Crippen LogP contribution is 1.98. The molecule has 2 atom stereocenters. The van der Waals surface area contributed by atoms with Crippen LogP contribution in [0.2, 0.25) is 0 Å². The van der Waals surface area contributed by atoms with E-state index in [4.69, 9.17) is 5.11 Å². The SMILES string of the molecule is C=CCC(C)NC(=O)NC(CCS(C)(=O)=O)C(=O)O. The molecule has 0 aromatic carbocycles. The van der Waals surface area contributed by atoms with Crippen LogP contribution in [0.5, 0.6) is 0 Å². The summed E-state index contributed by atoms with van der Waals surface area (Å²) in [5.41, 5.74) is 0. The quantitative estimate of drug-likeness (QED) is 0.551. The van der Waals surface area contributed by atoms with Crippen LogP contribution in [0.3, 0.4) is 0 Å². The molecule has 0 aromatic rings. The predicted molar refractivity (Wildman–Crippen MR) is 71.7 cm³/mol.